The van der Waals surface area contributed by atoms with E-state index >= 15 is 0 Å². The van der Waals surface area contributed by atoms with Crippen LogP contribution in [0.4, 0.5) is 10.1 Å². The molecule has 0 unspecified atom stereocenters. The van der Waals surface area contributed by atoms with E-state index in [9.17, 15) is 12.8 Å². The Morgan fingerprint density at radius 2 is 1.68 bits per heavy atom. The van der Waals surface area contributed by atoms with Gasteiger partial charge in [-0.15, -0.1) is 5.10 Å². The number of aryl methyl sites for hydroxylation is 1. The number of piperazine rings is 1. The molecule has 11 heteroatoms. The van der Waals surface area contributed by atoms with E-state index in [1.807, 2.05) is 16.7 Å². The average molecular weight is 582 g/mol. The highest BCUT2D eigenvalue weighted by Crippen LogP contribution is 2.47. The first-order valence-electron chi connectivity index (χ1n) is 11.7. The number of hydrogen-bond donors (Lipinski definition) is 1. The molecule has 2 aliphatic rings. The summed E-state index contributed by atoms with van der Waals surface area (Å²) < 4.78 is 40.8. The molecule has 194 valence electrons. The number of sulfonamides is 1. The molecule has 1 heterocycles. The Hall–Kier alpha value is -2.52. The summed E-state index contributed by atoms with van der Waals surface area (Å²) in [6.07, 6.45) is 1.65. The van der Waals surface area contributed by atoms with E-state index < -0.39 is 10.0 Å². The van der Waals surface area contributed by atoms with Gasteiger partial charge in [-0.1, -0.05) is 58.6 Å². The molecule has 6 nitrogen and oxygen atoms in total. The molecule has 0 aromatic heterocycles. The summed E-state index contributed by atoms with van der Waals surface area (Å²) in [5, 5.41) is 5.44. The minimum absolute atomic E-state index is 0.0932. The van der Waals surface area contributed by atoms with Gasteiger partial charge < -0.3 is 9.80 Å². The van der Waals surface area contributed by atoms with Gasteiger partial charge in [-0.25, -0.2) is 4.39 Å². The zero-order valence-corrected chi connectivity index (χ0v) is 23.0. The molecule has 37 heavy (non-hydrogen) atoms. The van der Waals surface area contributed by atoms with Crippen molar-refractivity contribution in [2.24, 2.45) is 5.10 Å². The van der Waals surface area contributed by atoms with Crippen molar-refractivity contribution < 1.29 is 12.8 Å². The highest BCUT2D eigenvalue weighted by molar-refractivity contribution is 7.89. The summed E-state index contributed by atoms with van der Waals surface area (Å²) in [6.45, 7) is 3.34. The third kappa shape index (κ3) is 5.25. The van der Waals surface area contributed by atoms with Crippen molar-refractivity contribution in [2.45, 2.75) is 30.2 Å². The topological polar surface area (TPSA) is 65.0 Å². The third-order valence-electron chi connectivity index (χ3n) is 6.77. The molecule has 1 saturated carbocycles. The fourth-order valence-corrected chi connectivity index (χ4v) is 6.19. The average Bonchev–Trinajstić information content (AvgIpc) is 3.61. The zero-order valence-electron chi connectivity index (χ0n) is 19.9. The highest BCUT2D eigenvalue weighted by atomic mass is 35.5. The molecule has 1 saturated heterocycles. The van der Waals surface area contributed by atoms with Gasteiger partial charge in [-0.05, 0) is 62.2 Å². The fourth-order valence-electron chi connectivity index (χ4n) is 4.66. The number of nitrogens with one attached hydrogen (secondary N) is 1. The minimum Gasteiger partial charge on any atom is -0.365 e. The quantitative estimate of drug-likeness (QED) is 0.225. The second-order valence-corrected chi connectivity index (χ2v) is 12.2. The normalized spacial score (nSPS) is 17.3. The van der Waals surface area contributed by atoms with Crippen molar-refractivity contribution in [3.05, 3.63) is 92.7 Å². The van der Waals surface area contributed by atoms with Gasteiger partial charge in [0.2, 0.25) is 0 Å². The number of nitrogens with zero attached hydrogens (tertiary/aromatic N) is 3. The Morgan fingerprint density at radius 3 is 2.30 bits per heavy atom. The molecular formula is C26H24Cl3FN4O2S. The van der Waals surface area contributed by atoms with Crippen LogP contribution in [0.15, 0.2) is 70.7 Å². The number of benzene rings is 3. The van der Waals surface area contributed by atoms with Crippen molar-refractivity contribution in [3.8, 4) is 0 Å². The second kappa shape index (κ2) is 9.98. The summed E-state index contributed by atoms with van der Waals surface area (Å²) in [6, 6.07) is 16.2. The molecule has 1 spiro atoms. The Kier molecular flexibility index (Phi) is 7.04. The van der Waals surface area contributed by atoms with Crippen LogP contribution in [-0.2, 0) is 10.0 Å². The Labute approximate surface area is 230 Å². The van der Waals surface area contributed by atoms with Crippen molar-refractivity contribution in [2.75, 3.05) is 24.5 Å². The molecule has 0 radical (unpaired) electrons. The van der Waals surface area contributed by atoms with E-state index in [4.69, 9.17) is 34.8 Å². The van der Waals surface area contributed by atoms with E-state index in [-0.39, 0.29) is 16.3 Å². The van der Waals surface area contributed by atoms with Crippen LogP contribution < -0.4 is 9.73 Å². The maximum Gasteiger partial charge on any atom is 0.276 e. The number of amidine groups is 1. The van der Waals surface area contributed by atoms with E-state index in [2.05, 4.69) is 9.93 Å². The van der Waals surface area contributed by atoms with Crippen molar-refractivity contribution in [1.29, 1.82) is 0 Å². The molecule has 0 atom stereocenters. The van der Waals surface area contributed by atoms with Crippen LogP contribution in [0.25, 0.3) is 0 Å². The number of hydrazone groups is 1. The lowest BCUT2D eigenvalue weighted by atomic mass is 10.1. The molecule has 0 bridgehead atoms. The lowest BCUT2D eigenvalue weighted by Crippen LogP contribution is -2.58. The van der Waals surface area contributed by atoms with Crippen LogP contribution in [0.2, 0.25) is 15.1 Å². The molecular weight excluding hydrogens is 558 g/mol. The SMILES string of the molecule is Cc1ccc(S(=O)(=O)N/N=C(\c2c(Cl)cccc2Cl)N2CCN(c3ccc(Cl)cc3F)CC23CC3)cc1. The monoisotopic (exact) mass is 580 g/mol. The molecule has 5 rings (SSSR count). The first-order valence-corrected chi connectivity index (χ1v) is 14.3. The van der Waals surface area contributed by atoms with Gasteiger partial charge in [0.25, 0.3) is 10.0 Å². The highest BCUT2D eigenvalue weighted by Gasteiger charge is 2.53. The fraction of sp³-hybridized carbons (Fsp3) is 0.269. The lowest BCUT2D eigenvalue weighted by Gasteiger charge is -2.45. The van der Waals surface area contributed by atoms with Gasteiger partial charge in [0.1, 0.15) is 5.82 Å². The largest absolute Gasteiger partial charge is 0.365 e. The smallest absolute Gasteiger partial charge is 0.276 e. The number of anilines is 1. The van der Waals surface area contributed by atoms with Crippen LogP contribution in [0, 0.1) is 12.7 Å². The maximum absolute atomic E-state index is 14.7. The standard InChI is InChI=1S/C26H24Cl3FN4O2S/c1-17-5-8-19(9-6-17)37(35,36)32-31-25(24-20(28)3-2-4-21(24)29)34-14-13-33(16-26(34)11-12-26)23-10-7-18(27)15-22(23)30/h2-10,15,32H,11-14,16H2,1H3/b31-25+. The van der Waals surface area contributed by atoms with Gasteiger partial charge in [-0.2, -0.15) is 13.2 Å². The van der Waals surface area contributed by atoms with Crippen molar-refractivity contribution >= 4 is 56.3 Å². The second-order valence-electron chi connectivity index (χ2n) is 9.33. The predicted octanol–water partition coefficient (Wildman–Crippen LogP) is 6.09. The van der Waals surface area contributed by atoms with E-state index in [0.717, 1.165) is 18.4 Å². The lowest BCUT2D eigenvalue weighted by molar-refractivity contribution is 0.258. The molecule has 0 amide bonds. The van der Waals surface area contributed by atoms with Crippen LogP contribution in [0.1, 0.15) is 24.0 Å². The summed E-state index contributed by atoms with van der Waals surface area (Å²) in [5.41, 5.74) is 1.48. The number of halogens is 4. The van der Waals surface area contributed by atoms with Crippen LogP contribution in [-0.4, -0.2) is 44.3 Å². The molecule has 3 aromatic rings. The van der Waals surface area contributed by atoms with Gasteiger partial charge >= 0.3 is 0 Å². The summed E-state index contributed by atoms with van der Waals surface area (Å²) in [5.74, 6) is -0.0503. The van der Waals surface area contributed by atoms with Gasteiger partial charge in [0, 0.05) is 24.7 Å². The maximum atomic E-state index is 14.7. The molecule has 1 N–H and O–H groups in total. The summed E-state index contributed by atoms with van der Waals surface area (Å²) >= 11 is 19.1. The Balaban J connectivity index is 1.51. The number of rotatable bonds is 5. The zero-order chi connectivity index (χ0) is 26.4. The van der Waals surface area contributed by atoms with Crippen molar-refractivity contribution in [1.82, 2.24) is 9.73 Å². The van der Waals surface area contributed by atoms with E-state index in [1.54, 1.807) is 42.5 Å². The van der Waals surface area contributed by atoms with E-state index in [0.29, 0.717) is 51.8 Å². The summed E-state index contributed by atoms with van der Waals surface area (Å²) in [4.78, 5) is 6.50. The van der Waals surface area contributed by atoms with E-state index in [1.165, 1.54) is 18.2 Å². The Bertz CT molecular complexity index is 1460. The predicted molar refractivity (Wildman–Crippen MR) is 147 cm³/mol. The van der Waals surface area contributed by atoms with Crippen LogP contribution in [0.3, 0.4) is 0 Å². The number of hydrogen-bond acceptors (Lipinski definition) is 4. The van der Waals surface area contributed by atoms with Gasteiger partial charge in [0.05, 0.1) is 31.7 Å². The molecule has 1 aliphatic carbocycles. The first kappa shape index (κ1) is 26.1. The summed E-state index contributed by atoms with van der Waals surface area (Å²) in [7, 11) is -3.95. The Morgan fingerprint density at radius 1 is 1.00 bits per heavy atom. The van der Waals surface area contributed by atoms with Gasteiger partial charge in [0.15, 0.2) is 5.84 Å². The van der Waals surface area contributed by atoms with Crippen LogP contribution >= 0.6 is 34.8 Å². The van der Waals surface area contributed by atoms with Gasteiger partial charge in [-0.3, -0.25) is 0 Å². The van der Waals surface area contributed by atoms with Crippen LogP contribution in [0.5, 0.6) is 0 Å². The van der Waals surface area contributed by atoms with Crippen molar-refractivity contribution in [3.63, 3.8) is 0 Å². The first-order chi connectivity index (χ1) is 17.6. The third-order valence-corrected chi connectivity index (χ3v) is 8.86. The minimum atomic E-state index is -3.95. The molecule has 3 aromatic carbocycles. The molecule has 2 fully saturated rings. The molecule has 1 aliphatic heterocycles.